The van der Waals surface area contributed by atoms with E-state index < -0.39 is 23.6 Å². The minimum atomic E-state index is -0.744. The van der Waals surface area contributed by atoms with Gasteiger partial charge in [-0.3, -0.25) is 9.59 Å². The third-order valence-corrected chi connectivity index (χ3v) is 7.19. The molecule has 0 unspecified atom stereocenters. The number of likely N-dealkylation sites (tertiary alicyclic amines) is 1. The van der Waals surface area contributed by atoms with E-state index in [1.807, 2.05) is 57.3 Å². The van der Waals surface area contributed by atoms with Crippen LogP contribution in [0.25, 0.3) is 22.2 Å². The van der Waals surface area contributed by atoms with Gasteiger partial charge < -0.3 is 19.9 Å². The van der Waals surface area contributed by atoms with Crippen molar-refractivity contribution in [3.8, 4) is 11.3 Å². The average molecular weight is 515 g/mol. The third-order valence-electron chi connectivity index (χ3n) is 7.19. The van der Waals surface area contributed by atoms with Crippen LogP contribution in [0.1, 0.15) is 38.9 Å². The number of fused-ring (bicyclic) bond motifs is 1. The van der Waals surface area contributed by atoms with Gasteiger partial charge in [-0.25, -0.2) is 4.68 Å². The number of nitrogens with zero attached hydrogens (tertiary/aromatic N) is 5. The lowest BCUT2D eigenvalue weighted by Crippen LogP contribution is -2.49. The molecule has 1 aliphatic rings. The van der Waals surface area contributed by atoms with Crippen molar-refractivity contribution < 1.29 is 14.7 Å². The normalized spacial score (nSPS) is 18.6. The SMILES string of the molecule is CNC(=O)[C@@H]1C[C@@H](O)CN1C(=O)[C@@H](n1cc(Cn2c(-c3ccccc3)cc3ccccc32)nn1)C(C)(C)C. The lowest BCUT2D eigenvalue weighted by molar-refractivity contribution is -0.144. The molecule has 2 aromatic carbocycles. The van der Waals surface area contributed by atoms with E-state index in [9.17, 15) is 14.7 Å². The monoisotopic (exact) mass is 514 g/mol. The highest BCUT2D eigenvalue weighted by atomic mass is 16.3. The fraction of sp³-hybridized carbons (Fsp3) is 0.379. The number of aromatic nitrogens is 4. The maximum Gasteiger partial charge on any atom is 0.248 e. The quantitative estimate of drug-likeness (QED) is 0.411. The van der Waals surface area contributed by atoms with E-state index in [1.165, 1.54) is 11.9 Å². The second-order valence-electron chi connectivity index (χ2n) is 11.0. The van der Waals surface area contributed by atoms with Gasteiger partial charge >= 0.3 is 0 Å². The molecule has 4 aromatic rings. The molecule has 5 rings (SSSR count). The van der Waals surface area contributed by atoms with Crippen LogP contribution >= 0.6 is 0 Å². The van der Waals surface area contributed by atoms with Gasteiger partial charge in [0.15, 0.2) is 0 Å². The second kappa shape index (κ2) is 10.1. The summed E-state index contributed by atoms with van der Waals surface area (Å²) in [4.78, 5) is 27.8. The van der Waals surface area contributed by atoms with Crippen molar-refractivity contribution in [2.75, 3.05) is 13.6 Å². The fourth-order valence-corrected chi connectivity index (χ4v) is 5.41. The summed E-state index contributed by atoms with van der Waals surface area (Å²) in [6, 6.07) is 19.2. The summed E-state index contributed by atoms with van der Waals surface area (Å²) >= 11 is 0. The first-order chi connectivity index (χ1) is 18.2. The standard InChI is InChI=1S/C29H34N6O3/c1-29(2,3)26(28(38)34-18-22(36)15-25(34)27(37)30-4)35-17-21(31-32-35)16-33-23-13-9-8-12-20(23)14-24(33)19-10-6-5-7-11-19/h5-14,17,22,25-26,36H,15-16,18H2,1-4H3,(H,30,37)/t22-,25+,26-/m1/s1. The Kier molecular flexibility index (Phi) is 6.79. The van der Waals surface area contributed by atoms with Crippen LogP contribution in [0.15, 0.2) is 66.9 Å². The maximum atomic E-state index is 13.9. The molecule has 2 amide bonds. The van der Waals surface area contributed by atoms with Gasteiger partial charge in [0.25, 0.3) is 0 Å². The third kappa shape index (κ3) is 4.81. The highest BCUT2D eigenvalue weighted by Crippen LogP contribution is 2.35. The highest BCUT2D eigenvalue weighted by Gasteiger charge is 2.45. The molecular weight excluding hydrogens is 480 g/mol. The zero-order valence-corrected chi connectivity index (χ0v) is 22.2. The molecule has 1 aliphatic heterocycles. The van der Waals surface area contributed by atoms with Crippen molar-refractivity contribution in [3.63, 3.8) is 0 Å². The van der Waals surface area contributed by atoms with Crippen LogP contribution in [-0.2, 0) is 16.1 Å². The molecule has 2 N–H and O–H groups in total. The van der Waals surface area contributed by atoms with Crippen LogP contribution in [-0.4, -0.2) is 67.1 Å². The number of amides is 2. The number of para-hydroxylation sites is 1. The van der Waals surface area contributed by atoms with Crippen molar-refractivity contribution in [1.29, 1.82) is 0 Å². The second-order valence-corrected chi connectivity index (χ2v) is 11.0. The van der Waals surface area contributed by atoms with Crippen LogP contribution < -0.4 is 5.32 Å². The summed E-state index contributed by atoms with van der Waals surface area (Å²) in [7, 11) is 1.54. The number of hydrogen-bond acceptors (Lipinski definition) is 5. The number of benzene rings is 2. The maximum absolute atomic E-state index is 13.9. The number of likely N-dealkylation sites (N-methyl/N-ethyl adjacent to an activating group) is 1. The summed E-state index contributed by atoms with van der Waals surface area (Å²) in [5.41, 5.74) is 3.47. The van der Waals surface area contributed by atoms with Crippen molar-refractivity contribution in [2.45, 2.75) is 51.9 Å². The molecule has 1 saturated heterocycles. The van der Waals surface area contributed by atoms with Crippen molar-refractivity contribution >= 4 is 22.7 Å². The van der Waals surface area contributed by atoms with Crippen LogP contribution in [0, 0.1) is 5.41 Å². The summed E-state index contributed by atoms with van der Waals surface area (Å²) in [5, 5.41) is 22.8. The van der Waals surface area contributed by atoms with Gasteiger partial charge in [0, 0.05) is 36.6 Å². The number of β-amino-alcohol motifs (C(OH)–C–C–N with tert-alkyl or cyclic N) is 1. The predicted molar refractivity (Wildman–Crippen MR) is 145 cm³/mol. The summed E-state index contributed by atoms with van der Waals surface area (Å²) < 4.78 is 3.82. The highest BCUT2D eigenvalue weighted by molar-refractivity contribution is 5.90. The Hall–Kier alpha value is -3.98. The van der Waals surface area contributed by atoms with Crippen LogP contribution in [0.4, 0.5) is 0 Å². The van der Waals surface area contributed by atoms with E-state index >= 15 is 0 Å². The first-order valence-electron chi connectivity index (χ1n) is 12.9. The van der Waals surface area contributed by atoms with E-state index in [1.54, 1.807) is 4.68 Å². The first kappa shape index (κ1) is 25.7. The molecule has 1 fully saturated rings. The molecule has 2 aromatic heterocycles. The smallest absolute Gasteiger partial charge is 0.248 e. The van der Waals surface area contributed by atoms with Crippen molar-refractivity contribution in [3.05, 3.63) is 72.6 Å². The van der Waals surface area contributed by atoms with Gasteiger partial charge in [-0.15, -0.1) is 5.10 Å². The Morgan fingerprint density at radius 2 is 1.82 bits per heavy atom. The Balaban J connectivity index is 1.49. The lowest BCUT2D eigenvalue weighted by Gasteiger charge is -2.34. The van der Waals surface area contributed by atoms with E-state index in [4.69, 9.17) is 0 Å². The molecular formula is C29H34N6O3. The molecule has 0 bridgehead atoms. The number of nitrogens with one attached hydrogen (secondary N) is 1. The molecule has 38 heavy (non-hydrogen) atoms. The molecule has 3 heterocycles. The van der Waals surface area contributed by atoms with Crippen LogP contribution in [0.2, 0.25) is 0 Å². The van der Waals surface area contributed by atoms with Crippen LogP contribution in [0.5, 0.6) is 0 Å². The zero-order chi connectivity index (χ0) is 27.0. The number of carbonyl (C=O) groups excluding carboxylic acids is 2. The molecule has 9 heteroatoms. The number of hydrogen-bond donors (Lipinski definition) is 2. The Bertz CT molecular complexity index is 1450. The topological polar surface area (TPSA) is 105 Å². The molecule has 0 aliphatic carbocycles. The van der Waals surface area contributed by atoms with Gasteiger partial charge in [-0.2, -0.15) is 0 Å². The molecule has 0 radical (unpaired) electrons. The molecule has 198 valence electrons. The van der Waals surface area contributed by atoms with Gasteiger partial charge in [0.1, 0.15) is 17.8 Å². The Morgan fingerprint density at radius 1 is 1.11 bits per heavy atom. The number of aliphatic hydroxyl groups is 1. The number of rotatable bonds is 6. The number of carbonyl (C=O) groups is 2. The summed E-state index contributed by atoms with van der Waals surface area (Å²) in [6.45, 7) is 6.48. The van der Waals surface area contributed by atoms with E-state index in [0.29, 0.717) is 6.54 Å². The van der Waals surface area contributed by atoms with Crippen LogP contribution in [0.3, 0.4) is 0 Å². The number of aliphatic hydroxyl groups excluding tert-OH is 1. The van der Waals surface area contributed by atoms with E-state index in [2.05, 4.69) is 50.5 Å². The van der Waals surface area contributed by atoms with E-state index in [0.717, 1.165) is 27.9 Å². The van der Waals surface area contributed by atoms with Gasteiger partial charge in [0.05, 0.1) is 18.8 Å². The minimum Gasteiger partial charge on any atom is -0.391 e. The first-order valence-corrected chi connectivity index (χ1v) is 12.9. The molecule has 0 saturated carbocycles. The predicted octanol–water partition coefficient (Wildman–Crippen LogP) is 3.24. The van der Waals surface area contributed by atoms with Gasteiger partial charge in [-0.05, 0) is 23.1 Å². The van der Waals surface area contributed by atoms with Crippen molar-refractivity contribution in [2.24, 2.45) is 5.41 Å². The summed E-state index contributed by atoms with van der Waals surface area (Å²) in [5.74, 6) is -0.537. The Morgan fingerprint density at radius 3 is 2.53 bits per heavy atom. The Labute approximate surface area is 222 Å². The fourth-order valence-electron chi connectivity index (χ4n) is 5.41. The molecule has 3 atom stereocenters. The van der Waals surface area contributed by atoms with Crippen molar-refractivity contribution in [1.82, 2.24) is 29.8 Å². The summed E-state index contributed by atoms with van der Waals surface area (Å²) in [6.07, 6.45) is 1.29. The molecule has 9 nitrogen and oxygen atoms in total. The zero-order valence-electron chi connectivity index (χ0n) is 22.2. The largest absolute Gasteiger partial charge is 0.391 e. The molecule has 0 spiro atoms. The van der Waals surface area contributed by atoms with Gasteiger partial charge in [0.2, 0.25) is 11.8 Å². The lowest BCUT2D eigenvalue weighted by atomic mass is 9.85. The average Bonchev–Trinajstić information content (AvgIpc) is 3.61. The minimum absolute atomic E-state index is 0.112. The van der Waals surface area contributed by atoms with E-state index in [-0.39, 0.29) is 24.8 Å². The van der Waals surface area contributed by atoms with Gasteiger partial charge in [-0.1, -0.05) is 74.5 Å².